The number of benzene rings is 3. The third-order valence-corrected chi connectivity index (χ3v) is 11.6. The molecule has 26 heavy (non-hydrogen) atoms. The molecule has 3 aromatic rings. The number of hydrogen-bond donors (Lipinski definition) is 0. The molecule has 0 aliphatic carbocycles. The van der Waals surface area contributed by atoms with E-state index in [0.717, 1.165) is 12.8 Å². The fourth-order valence-electron chi connectivity index (χ4n) is 3.77. The van der Waals surface area contributed by atoms with Crippen LogP contribution in [0.15, 0.2) is 91.0 Å². The summed E-state index contributed by atoms with van der Waals surface area (Å²) in [5.41, 5.74) is 4.31. The van der Waals surface area contributed by atoms with Gasteiger partial charge in [0.15, 0.2) is 0 Å². The molecule has 0 saturated carbocycles. The Labute approximate surface area is 179 Å². The van der Waals surface area contributed by atoms with Crippen molar-refractivity contribution in [1.82, 2.24) is 0 Å². The van der Waals surface area contributed by atoms with E-state index in [4.69, 9.17) is 0 Å². The monoisotopic (exact) mass is 536 g/mol. The Bertz CT molecular complexity index is 797. The molecule has 2 atom stereocenters. The first-order valence-electron chi connectivity index (χ1n) is 8.86. The third kappa shape index (κ3) is 3.76. The van der Waals surface area contributed by atoms with Crippen LogP contribution < -0.4 is 0 Å². The van der Waals surface area contributed by atoms with Crippen LogP contribution in [0.1, 0.15) is 35.4 Å². The van der Waals surface area contributed by atoms with E-state index in [1.165, 1.54) is 16.7 Å². The van der Waals surface area contributed by atoms with Crippen LogP contribution in [0, 0.1) is 0 Å². The predicted octanol–water partition coefficient (Wildman–Crippen LogP) is 4.31. The van der Waals surface area contributed by atoms with Gasteiger partial charge in [-0.3, -0.25) is 0 Å². The van der Waals surface area contributed by atoms with Crippen molar-refractivity contribution in [3.05, 3.63) is 108 Å². The topological polar surface area (TPSA) is 0 Å². The van der Waals surface area contributed by atoms with Crippen molar-refractivity contribution in [2.75, 3.05) is 0 Å². The van der Waals surface area contributed by atoms with Crippen LogP contribution in [0.2, 0.25) is 0 Å². The standard InChI is InChI=1S/C23H20Se3/c24-22(20-12-6-2-7-13-20)16-19(18-10-4-1-5-11-18)17-23(25,26-22)21-14-8-3-9-15-21/h1-15,19H,16-17H2. The van der Waals surface area contributed by atoms with Gasteiger partial charge in [-0.05, 0) is 0 Å². The molecule has 0 nitrogen and oxygen atoms in total. The Morgan fingerprint density at radius 3 is 1.42 bits per heavy atom. The van der Waals surface area contributed by atoms with Crippen molar-refractivity contribution >= 4 is 47.0 Å². The molecule has 0 aromatic heterocycles. The third-order valence-electron chi connectivity index (χ3n) is 5.06. The van der Waals surface area contributed by atoms with Gasteiger partial charge < -0.3 is 0 Å². The van der Waals surface area contributed by atoms with Gasteiger partial charge in [0.05, 0.1) is 0 Å². The molecule has 1 saturated heterocycles. The molecular weight excluding hydrogens is 513 g/mol. The van der Waals surface area contributed by atoms with E-state index in [1.807, 2.05) is 0 Å². The normalized spacial score (nSPS) is 28.6. The Kier molecular flexibility index (Phi) is 5.49. The van der Waals surface area contributed by atoms with Gasteiger partial charge in [-0.2, -0.15) is 0 Å². The van der Waals surface area contributed by atoms with Crippen LogP contribution in [-0.2, 0) is 6.42 Å². The molecule has 3 aromatic carbocycles. The van der Waals surface area contributed by atoms with Gasteiger partial charge in [0.2, 0.25) is 0 Å². The summed E-state index contributed by atoms with van der Waals surface area (Å²) in [6, 6.07) is 33.1. The molecule has 1 fully saturated rings. The second-order valence-corrected chi connectivity index (χ2v) is 15.8. The molecule has 4 rings (SSSR count). The summed E-state index contributed by atoms with van der Waals surface area (Å²) in [5.74, 6) is 0.537. The maximum absolute atomic E-state index is 3.64. The van der Waals surface area contributed by atoms with Gasteiger partial charge in [-0.15, -0.1) is 0 Å². The first-order chi connectivity index (χ1) is 12.6. The number of hydrogen-bond acceptors (Lipinski definition) is 0. The van der Waals surface area contributed by atoms with Crippen molar-refractivity contribution in [3.63, 3.8) is 0 Å². The second-order valence-electron chi connectivity index (χ2n) is 6.86. The molecule has 2 unspecified atom stereocenters. The van der Waals surface area contributed by atoms with Crippen LogP contribution in [0.4, 0.5) is 0 Å². The summed E-state index contributed by atoms with van der Waals surface area (Å²) in [6.45, 7) is 0. The summed E-state index contributed by atoms with van der Waals surface area (Å²) in [6.07, 6.45) is 2.33. The first kappa shape index (κ1) is 18.6. The predicted molar refractivity (Wildman–Crippen MR) is 112 cm³/mol. The van der Waals surface area contributed by atoms with Crippen LogP contribution in [0.3, 0.4) is 0 Å². The zero-order chi connectivity index (χ0) is 18.0. The molecule has 2 radical (unpaired) electrons. The van der Waals surface area contributed by atoms with Gasteiger partial charge in [0, 0.05) is 0 Å². The minimum atomic E-state index is 0.0914. The van der Waals surface area contributed by atoms with Crippen molar-refractivity contribution in [2.24, 2.45) is 0 Å². The Hall–Kier alpha value is -0.782. The zero-order valence-corrected chi connectivity index (χ0v) is 19.5. The van der Waals surface area contributed by atoms with E-state index >= 15 is 0 Å². The molecule has 0 amide bonds. The summed E-state index contributed by atoms with van der Waals surface area (Å²) >= 11 is 7.65. The molecule has 1 aliphatic heterocycles. The van der Waals surface area contributed by atoms with Gasteiger partial charge in [0.1, 0.15) is 0 Å². The summed E-state index contributed by atoms with van der Waals surface area (Å²) in [7, 11) is 0. The van der Waals surface area contributed by atoms with Crippen LogP contribution in [0.5, 0.6) is 0 Å². The molecular formula is C23H20Se3. The van der Waals surface area contributed by atoms with Gasteiger partial charge >= 0.3 is 180 Å². The van der Waals surface area contributed by atoms with E-state index in [0.29, 0.717) is 20.9 Å². The molecule has 3 heteroatoms. The Morgan fingerprint density at radius 2 is 1.00 bits per heavy atom. The molecule has 0 bridgehead atoms. The van der Waals surface area contributed by atoms with Crippen molar-refractivity contribution in [2.45, 2.75) is 25.2 Å². The molecule has 130 valence electrons. The summed E-state index contributed by atoms with van der Waals surface area (Å²) in [5, 5.41) is 0. The van der Waals surface area contributed by atoms with E-state index in [9.17, 15) is 0 Å². The molecule has 1 aliphatic rings. The molecule has 0 N–H and O–H groups in total. The quantitative estimate of drug-likeness (QED) is 0.441. The number of rotatable bonds is 3. The molecule has 0 spiro atoms. The Morgan fingerprint density at radius 1 is 0.615 bits per heavy atom. The van der Waals surface area contributed by atoms with Crippen molar-refractivity contribution in [1.29, 1.82) is 0 Å². The van der Waals surface area contributed by atoms with Crippen LogP contribution in [0.25, 0.3) is 0 Å². The van der Waals surface area contributed by atoms with Crippen molar-refractivity contribution in [3.8, 4) is 0 Å². The fraction of sp³-hybridized carbons (Fsp3) is 0.217. The van der Waals surface area contributed by atoms with E-state index < -0.39 is 0 Å². The zero-order valence-electron chi connectivity index (χ0n) is 14.4. The SMILES string of the molecule is [Se]C1(c2ccccc2)CC(c2ccccc2)CC([Se])(c2ccccc2)[Se]1. The van der Waals surface area contributed by atoms with Crippen LogP contribution >= 0.6 is 0 Å². The fourth-order valence-corrected chi connectivity index (χ4v) is 13.1. The average Bonchev–Trinajstić information content (AvgIpc) is 2.69. The summed E-state index contributed by atoms with van der Waals surface area (Å²) < 4.78 is 0.183. The van der Waals surface area contributed by atoms with Gasteiger partial charge in [-0.1, -0.05) is 0 Å². The summed E-state index contributed by atoms with van der Waals surface area (Å²) in [4.78, 5) is 0. The van der Waals surface area contributed by atoms with Gasteiger partial charge in [-0.25, -0.2) is 0 Å². The minimum absolute atomic E-state index is 0.0914. The second kappa shape index (κ2) is 7.68. The first-order valence-corrected chi connectivity index (χ1v) is 12.3. The van der Waals surface area contributed by atoms with E-state index in [2.05, 4.69) is 123 Å². The Balaban J connectivity index is 1.79. The van der Waals surface area contributed by atoms with Gasteiger partial charge in [0.25, 0.3) is 0 Å². The van der Waals surface area contributed by atoms with E-state index in [1.54, 1.807) is 0 Å². The maximum atomic E-state index is 3.64. The van der Waals surface area contributed by atoms with E-state index in [-0.39, 0.29) is 6.42 Å². The molecule has 1 heterocycles. The van der Waals surface area contributed by atoms with Crippen LogP contribution in [-0.4, -0.2) is 47.0 Å². The van der Waals surface area contributed by atoms with Crippen molar-refractivity contribution < 1.29 is 0 Å². The average molecular weight is 533 g/mol.